The minimum atomic E-state index is -0.358. The van der Waals surface area contributed by atoms with E-state index in [1.165, 1.54) is 83.9 Å². The van der Waals surface area contributed by atoms with Gasteiger partial charge in [-0.1, -0.05) is 18.2 Å². The summed E-state index contributed by atoms with van der Waals surface area (Å²) in [5, 5.41) is 7.62. The van der Waals surface area contributed by atoms with E-state index in [9.17, 15) is 14.4 Å². The molecule has 4 aromatic carbocycles. The lowest BCUT2D eigenvalue weighted by Crippen LogP contribution is -1.99. The minimum Gasteiger partial charge on any atom is -0.463 e. The summed E-state index contributed by atoms with van der Waals surface area (Å²) in [6.07, 6.45) is 12.4. The summed E-state index contributed by atoms with van der Waals surface area (Å²) in [6, 6.07) is 6.64. The Labute approximate surface area is 243 Å². The molecule has 210 valence electrons. The summed E-state index contributed by atoms with van der Waals surface area (Å²) in [7, 11) is 0. The smallest absolute Gasteiger partial charge is 0.330 e. The highest BCUT2D eigenvalue weighted by atomic mass is 16.5. The zero-order chi connectivity index (χ0) is 29.1. The maximum atomic E-state index is 12.2. The molecule has 0 unspecified atom stereocenters. The zero-order valence-corrected chi connectivity index (χ0v) is 23.9. The van der Waals surface area contributed by atoms with Gasteiger partial charge in [0.2, 0.25) is 0 Å². The Balaban J connectivity index is 1.50. The highest BCUT2D eigenvalue weighted by Crippen LogP contribution is 2.55. The van der Waals surface area contributed by atoms with Gasteiger partial charge >= 0.3 is 17.9 Å². The van der Waals surface area contributed by atoms with Gasteiger partial charge in [-0.05, 0) is 141 Å². The fourth-order valence-corrected chi connectivity index (χ4v) is 7.14. The van der Waals surface area contributed by atoms with Gasteiger partial charge in [-0.3, -0.25) is 0 Å². The van der Waals surface area contributed by atoms with Crippen LogP contribution in [0.25, 0.3) is 50.5 Å². The van der Waals surface area contributed by atoms with E-state index in [0.717, 1.165) is 36.0 Å². The van der Waals surface area contributed by atoms with Gasteiger partial charge in [0, 0.05) is 18.2 Å². The van der Waals surface area contributed by atoms with Crippen molar-refractivity contribution in [3.8, 4) is 0 Å². The minimum absolute atomic E-state index is 0.327. The predicted molar refractivity (Wildman–Crippen MR) is 164 cm³/mol. The van der Waals surface area contributed by atoms with Gasteiger partial charge in [-0.25, -0.2) is 14.4 Å². The van der Waals surface area contributed by atoms with Crippen molar-refractivity contribution < 1.29 is 28.6 Å². The van der Waals surface area contributed by atoms with Gasteiger partial charge < -0.3 is 14.2 Å². The molecule has 0 fully saturated rings. The summed E-state index contributed by atoms with van der Waals surface area (Å²) in [5.41, 5.74) is 10.3. The number of hydrogen-bond acceptors (Lipinski definition) is 6. The zero-order valence-electron chi connectivity index (χ0n) is 23.9. The Morgan fingerprint density at radius 3 is 1.07 bits per heavy atom. The van der Waals surface area contributed by atoms with Crippen LogP contribution < -0.4 is 0 Å². The fraction of sp³-hybridized carbons (Fsp3) is 0.250. The molecule has 0 radical (unpaired) electrons. The first-order chi connectivity index (χ1) is 20.4. The molecule has 42 heavy (non-hydrogen) atoms. The number of carbonyl (C=O) groups is 3. The van der Waals surface area contributed by atoms with Crippen molar-refractivity contribution in [1.82, 2.24) is 0 Å². The molecule has 3 aliphatic rings. The summed E-state index contributed by atoms with van der Waals surface area (Å²) >= 11 is 0. The van der Waals surface area contributed by atoms with Gasteiger partial charge in [0.15, 0.2) is 0 Å². The standard InChI is InChI=1S/C36H30O6/c1-4-40-28(37)10-7-19-13-22-17-26-21(9-12-30(39)42-6-3)15-24-18-27-20(8-11-29(38)41-5-2)14-23-16-25(19)34-31(22)35(26)33(24)36(27)32(23)34/h7-15H,4-6,16-18H2,1-3H3/b10-7+,11-8+,12-9+. The fourth-order valence-electron chi connectivity index (χ4n) is 7.14. The molecule has 4 aromatic rings. The summed E-state index contributed by atoms with van der Waals surface area (Å²) in [5.74, 6) is -1.07. The average Bonchev–Trinajstić information content (AvgIpc) is 3.65. The number of hydrogen-bond donors (Lipinski definition) is 0. The lowest BCUT2D eigenvalue weighted by molar-refractivity contribution is -0.138. The second-order valence-electron chi connectivity index (χ2n) is 10.8. The first kappa shape index (κ1) is 26.2. The topological polar surface area (TPSA) is 78.9 Å². The molecular formula is C36H30O6. The first-order valence-electron chi connectivity index (χ1n) is 14.5. The maximum absolute atomic E-state index is 12.2. The lowest BCUT2D eigenvalue weighted by Gasteiger charge is -2.12. The molecule has 0 saturated heterocycles. The molecule has 7 rings (SSSR count). The van der Waals surface area contributed by atoms with E-state index >= 15 is 0 Å². The number of benzene rings is 4. The van der Waals surface area contributed by atoms with Crippen molar-refractivity contribution in [2.75, 3.05) is 19.8 Å². The van der Waals surface area contributed by atoms with Crippen LogP contribution in [0.5, 0.6) is 0 Å². The quantitative estimate of drug-likeness (QED) is 0.0861. The third kappa shape index (κ3) is 3.89. The van der Waals surface area contributed by atoms with Gasteiger partial charge in [-0.15, -0.1) is 0 Å². The molecule has 0 spiro atoms. The van der Waals surface area contributed by atoms with Gasteiger partial charge in [0.1, 0.15) is 0 Å². The Bertz CT molecular complexity index is 1730. The van der Waals surface area contributed by atoms with Crippen LogP contribution in [-0.4, -0.2) is 37.7 Å². The van der Waals surface area contributed by atoms with Crippen LogP contribution in [0.2, 0.25) is 0 Å². The summed E-state index contributed by atoms with van der Waals surface area (Å²) in [6.45, 7) is 6.38. The van der Waals surface area contributed by atoms with E-state index in [0.29, 0.717) is 19.8 Å². The van der Waals surface area contributed by atoms with E-state index in [4.69, 9.17) is 14.2 Å². The van der Waals surface area contributed by atoms with E-state index in [1.54, 1.807) is 20.8 Å². The molecule has 0 amide bonds. The molecule has 0 bridgehead atoms. The van der Waals surface area contributed by atoms with Crippen molar-refractivity contribution >= 4 is 68.5 Å². The first-order valence-corrected chi connectivity index (χ1v) is 14.5. The van der Waals surface area contributed by atoms with Crippen LogP contribution in [0.15, 0.2) is 36.4 Å². The average molecular weight is 559 g/mol. The number of carbonyl (C=O) groups excluding carboxylic acids is 3. The van der Waals surface area contributed by atoms with Gasteiger partial charge in [0.25, 0.3) is 0 Å². The van der Waals surface area contributed by atoms with Crippen molar-refractivity contribution in [3.05, 3.63) is 86.5 Å². The lowest BCUT2D eigenvalue weighted by atomic mass is 9.91. The van der Waals surface area contributed by atoms with Crippen LogP contribution in [0.3, 0.4) is 0 Å². The van der Waals surface area contributed by atoms with Crippen LogP contribution in [-0.2, 0) is 47.9 Å². The van der Waals surface area contributed by atoms with Gasteiger partial charge in [0.05, 0.1) is 19.8 Å². The highest BCUT2D eigenvalue weighted by molar-refractivity contribution is 6.34. The van der Waals surface area contributed by atoms with Crippen LogP contribution in [0.1, 0.15) is 70.8 Å². The number of esters is 3. The highest BCUT2D eigenvalue weighted by Gasteiger charge is 2.34. The van der Waals surface area contributed by atoms with Crippen molar-refractivity contribution in [2.45, 2.75) is 40.0 Å². The predicted octanol–water partition coefficient (Wildman–Crippen LogP) is 6.59. The molecule has 3 aliphatic carbocycles. The molecule has 0 aliphatic heterocycles. The van der Waals surface area contributed by atoms with E-state index in [1.807, 2.05) is 18.2 Å². The monoisotopic (exact) mass is 558 g/mol. The Kier molecular flexibility index (Phi) is 6.23. The molecule has 6 nitrogen and oxygen atoms in total. The Hall–Kier alpha value is -4.71. The van der Waals surface area contributed by atoms with Crippen LogP contribution >= 0.6 is 0 Å². The normalized spacial score (nSPS) is 14.1. The molecule has 0 N–H and O–H groups in total. The van der Waals surface area contributed by atoms with E-state index < -0.39 is 0 Å². The van der Waals surface area contributed by atoms with E-state index in [-0.39, 0.29) is 17.9 Å². The molecule has 0 atom stereocenters. The third-order valence-corrected chi connectivity index (χ3v) is 8.56. The maximum Gasteiger partial charge on any atom is 0.330 e. The largest absolute Gasteiger partial charge is 0.463 e. The molecule has 0 aromatic heterocycles. The second-order valence-corrected chi connectivity index (χ2v) is 10.8. The molecule has 6 heteroatoms. The molecule has 0 saturated carbocycles. The third-order valence-electron chi connectivity index (χ3n) is 8.56. The molecule has 0 heterocycles. The molecular weight excluding hydrogens is 528 g/mol. The van der Waals surface area contributed by atoms with Gasteiger partial charge in [-0.2, -0.15) is 0 Å². The number of ether oxygens (including phenoxy) is 3. The van der Waals surface area contributed by atoms with Crippen molar-refractivity contribution in [1.29, 1.82) is 0 Å². The summed E-state index contributed by atoms with van der Waals surface area (Å²) < 4.78 is 15.5. The van der Waals surface area contributed by atoms with E-state index in [2.05, 4.69) is 18.2 Å². The Morgan fingerprint density at radius 1 is 0.524 bits per heavy atom. The SMILES string of the molecule is CCOC(=O)/C=C/c1cc2c3c4c1Cc1cc(/C=C/C(=O)OCC)c5c(c14)c1c(cc(/C=C/C(=O)OCC)c(c31)C2)C5. The second kappa shape index (κ2) is 9.98. The van der Waals surface area contributed by atoms with Crippen LogP contribution in [0.4, 0.5) is 0 Å². The number of rotatable bonds is 9. The van der Waals surface area contributed by atoms with Crippen LogP contribution in [0, 0.1) is 0 Å². The van der Waals surface area contributed by atoms with Crippen molar-refractivity contribution in [2.24, 2.45) is 0 Å². The van der Waals surface area contributed by atoms with Crippen molar-refractivity contribution in [3.63, 3.8) is 0 Å². The Morgan fingerprint density at radius 2 is 0.810 bits per heavy atom. The summed E-state index contributed by atoms with van der Waals surface area (Å²) in [4.78, 5) is 36.7.